The topological polar surface area (TPSA) is 98.9 Å². The van der Waals surface area contributed by atoms with Crippen LogP contribution in [0.15, 0.2) is 0 Å². The molecule has 1 aliphatic carbocycles. The van der Waals surface area contributed by atoms with Crippen LogP contribution in [-0.4, -0.2) is 34.6 Å². The summed E-state index contributed by atoms with van der Waals surface area (Å²) < 4.78 is 23.8. The molecule has 1 N–H and O–H groups in total. The van der Waals surface area contributed by atoms with E-state index in [0.717, 1.165) is 12.8 Å². The van der Waals surface area contributed by atoms with Gasteiger partial charge in [0.25, 0.3) is 0 Å². The van der Waals surface area contributed by atoms with Crippen LogP contribution in [0.3, 0.4) is 0 Å². The van der Waals surface area contributed by atoms with Crippen molar-refractivity contribution in [2.24, 2.45) is 0 Å². The molecule has 0 saturated heterocycles. The van der Waals surface area contributed by atoms with E-state index in [0.29, 0.717) is 19.3 Å². The Morgan fingerprint density at radius 2 is 1.81 bits per heavy atom. The largest absolute Gasteiger partial charge is 0.343 e. The lowest BCUT2D eigenvalue weighted by Crippen LogP contribution is -2.45. The highest BCUT2D eigenvalue weighted by Gasteiger charge is 2.61. The van der Waals surface area contributed by atoms with E-state index < -0.39 is 23.9 Å². The minimum absolute atomic E-state index is 0.0110. The molecule has 21 heavy (non-hydrogen) atoms. The van der Waals surface area contributed by atoms with Crippen molar-refractivity contribution < 1.29 is 23.6 Å². The molecule has 2 atom stereocenters. The van der Waals surface area contributed by atoms with E-state index in [1.807, 2.05) is 13.8 Å². The van der Waals surface area contributed by atoms with Crippen LogP contribution in [0.5, 0.6) is 0 Å². The average molecular weight is 323 g/mol. The van der Waals surface area contributed by atoms with Crippen LogP contribution < -0.4 is 0 Å². The Hall–Kier alpha value is -0.490. The zero-order chi connectivity index (χ0) is 15.9. The third-order valence-corrected chi connectivity index (χ3v) is 6.31. The lowest BCUT2D eigenvalue weighted by molar-refractivity contribution is -0.621. The minimum Gasteiger partial charge on any atom is -0.330 e. The molecule has 2 unspecified atom stereocenters. The molecule has 8 heteroatoms. The fourth-order valence-corrected chi connectivity index (χ4v) is 4.90. The monoisotopic (exact) mass is 323 g/mol. The third-order valence-electron chi connectivity index (χ3n) is 3.79. The Morgan fingerprint density at radius 3 is 2.24 bits per heavy atom. The second kappa shape index (κ2) is 8.22. The van der Waals surface area contributed by atoms with Crippen molar-refractivity contribution in [3.63, 3.8) is 0 Å². The van der Waals surface area contributed by atoms with E-state index in [-0.39, 0.29) is 26.1 Å². The van der Waals surface area contributed by atoms with E-state index in [1.165, 1.54) is 0 Å². The molecular formula is C13H26NO6P. The van der Waals surface area contributed by atoms with E-state index in [2.05, 4.69) is 0 Å². The Morgan fingerprint density at radius 1 is 1.29 bits per heavy atom. The zero-order valence-electron chi connectivity index (χ0n) is 12.8. The summed E-state index contributed by atoms with van der Waals surface area (Å²) in [6, 6.07) is 0. The number of nitro groups is 1. The van der Waals surface area contributed by atoms with Crippen LogP contribution in [-0.2, 0) is 13.6 Å². The second-order valence-corrected chi connectivity index (χ2v) is 7.68. The smallest absolute Gasteiger partial charge is 0.330 e. The number of unbranched alkanes of at least 4 members (excludes halogenated alkanes) is 2. The van der Waals surface area contributed by atoms with Crippen molar-refractivity contribution in [1.82, 2.24) is 0 Å². The van der Waals surface area contributed by atoms with Crippen molar-refractivity contribution in [1.29, 1.82) is 0 Å². The van der Waals surface area contributed by atoms with Gasteiger partial charge < -0.3 is 14.2 Å². The van der Waals surface area contributed by atoms with Gasteiger partial charge >= 0.3 is 13.3 Å². The predicted octanol–water partition coefficient (Wildman–Crippen LogP) is 3.33. The first-order chi connectivity index (χ1) is 9.90. The van der Waals surface area contributed by atoms with Crippen LogP contribution in [0.1, 0.15) is 58.8 Å². The van der Waals surface area contributed by atoms with Crippen LogP contribution in [0.2, 0.25) is 0 Å². The standard InChI is InChI=1S/C13H26NO6P/c1-3-5-10-19-21(18,20-11-6-4-2)12-8-7-9-13(12,15)14(16)17/h12,15H,3-11H2,1-2H3. The fraction of sp³-hybridized carbons (Fsp3) is 1.00. The van der Waals surface area contributed by atoms with Gasteiger partial charge in [-0.15, -0.1) is 0 Å². The third kappa shape index (κ3) is 4.49. The van der Waals surface area contributed by atoms with E-state index in [9.17, 15) is 19.8 Å². The molecule has 0 aromatic heterocycles. The average Bonchev–Trinajstić information content (AvgIpc) is 2.84. The van der Waals surface area contributed by atoms with Crippen LogP contribution in [0.4, 0.5) is 0 Å². The van der Waals surface area contributed by atoms with Gasteiger partial charge in [0, 0.05) is 6.42 Å². The molecule has 7 nitrogen and oxygen atoms in total. The maximum atomic E-state index is 13.0. The molecule has 1 fully saturated rings. The van der Waals surface area contributed by atoms with Gasteiger partial charge in [-0.25, -0.2) is 0 Å². The van der Waals surface area contributed by atoms with Gasteiger partial charge in [-0.3, -0.25) is 14.7 Å². The highest BCUT2D eigenvalue weighted by molar-refractivity contribution is 7.54. The quantitative estimate of drug-likeness (QED) is 0.218. The van der Waals surface area contributed by atoms with Crippen molar-refractivity contribution in [2.75, 3.05) is 13.2 Å². The molecule has 1 rings (SSSR count). The first-order valence-electron chi connectivity index (χ1n) is 7.66. The van der Waals surface area contributed by atoms with Gasteiger partial charge in [0.15, 0.2) is 5.66 Å². The number of rotatable bonds is 10. The van der Waals surface area contributed by atoms with Crippen molar-refractivity contribution in [2.45, 2.75) is 70.2 Å². The highest BCUT2D eigenvalue weighted by atomic mass is 31.2. The van der Waals surface area contributed by atoms with Crippen LogP contribution in [0, 0.1) is 10.1 Å². The fourth-order valence-electron chi connectivity index (χ4n) is 2.47. The van der Waals surface area contributed by atoms with Gasteiger partial charge in [0.05, 0.1) is 18.1 Å². The van der Waals surface area contributed by atoms with Gasteiger partial charge in [-0.1, -0.05) is 26.7 Å². The summed E-state index contributed by atoms with van der Waals surface area (Å²) in [6.07, 6.45) is 3.84. The van der Waals surface area contributed by atoms with Crippen LogP contribution >= 0.6 is 7.60 Å². The number of hydrogen-bond acceptors (Lipinski definition) is 6. The molecule has 0 aromatic rings. The summed E-state index contributed by atoms with van der Waals surface area (Å²) in [5.74, 6) is 0. The first-order valence-corrected chi connectivity index (χ1v) is 9.27. The Bertz CT molecular complexity index is 377. The maximum Gasteiger partial charge on any atom is 0.343 e. The van der Waals surface area contributed by atoms with Gasteiger partial charge in [-0.2, -0.15) is 0 Å². The van der Waals surface area contributed by atoms with E-state index in [1.54, 1.807) is 0 Å². The normalized spacial score (nSPS) is 26.1. The molecule has 0 spiro atoms. The molecule has 0 amide bonds. The van der Waals surface area contributed by atoms with E-state index >= 15 is 0 Å². The lowest BCUT2D eigenvalue weighted by atomic mass is 10.2. The molecule has 1 saturated carbocycles. The number of hydrogen-bond donors (Lipinski definition) is 1. The van der Waals surface area contributed by atoms with E-state index in [4.69, 9.17) is 9.05 Å². The SMILES string of the molecule is CCCCOP(=O)(OCCCC)C1CCCC1(O)[N+](=O)[O-]. The molecule has 0 radical (unpaired) electrons. The number of aliphatic hydroxyl groups is 1. The van der Waals surface area contributed by atoms with Gasteiger partial charge in [-0.05, 0) is 25.7 Å². The molecule has 0 heterocycles. The Labute approximate surface area is 125 Å². The molecular weight excluding hydrogens is 297 g/mol. The van der Waals surface area contributed by atoms with Gasteiger partial charge in [0.1, 0.15) is 0 Å². The number of nitrogens with zero attached hydrogens (tertiary/aromatic N) is 1. The van der Waals surface area contributed by atoms with Crippen LogP contribution in [0.25, 0.3) is 0 Å². The second-order valence-electron chi connectivity index (χ2n) is 5.46. The first kappa shape index (κ1) is 18.6. The lowest BCUT2D eigenvalue weighted by Gasteiger charge is -2.28. The Balaban J connectivity index is 2.88. The summed E-state index contributed by atoms with van der Waals surface area (Å²) in [4.78, 5) is 10.4. The van der Waals surface area contributed by atoms with Gasteiger partial charge in [0.2, 0.25) is 0 Å². The zero-order valence-corrected chi connectivity index (χ0v) is 13.7. The summed E-state index contributed by atoms with van der Waals surface area (Å²) in [5, 5.41) is 21.4. The van der Waals surface area contributed by atoms with Crippen molar-refractivity contribution in [3.8, 4) is 0 Å². The van der Waals surface area contributed by atoms with Crippen molar-refractivity contribution >= 4 is 7.60 Å². The molecule has 0 aliphatic heterocycles. The maximum absolute atomic E-state index is 13.0. The summed E-state index contributed by atoms with van der Waals surface area (Å²) in [7, 11) is -3.69. The highest BCUT2D eigenvalue weighted by Crippen LogP contribution is 2.61. The summed E-state index contributed by atoms with van der Waals surface area (Å²) in [6.45, 7) is 4.39. The molecule has 1 aliphatic rings. The molecule has 0 aromatic carbocycles. The summed E-state index contributed by atoms with van der Waals surface area (Å²) >= 11 is 0. The Kier molecular flexibility index (Phi) is 7.27. The van der Waals surface area contributed by atoms with Crippen molar-refractivity contribution in [3.05, 3.63) is 10.1 Å². The molecule has 0 bridgehead atoms. The predicted molar refractivity (Wildman–Crippen MR) is 78.9 cm³/mol. The molecule has 124 valence electrons. The summed E-state index contributed by atoms with van der Waals surface area (Å²) in [5.41, 5.74) is -3.28. The minimum atomic E-state index is -3.69.